The maximum atomic E-state index is 4.38. The largest absolute Gasteiger partial charge is 0.322 e. The second-order valence-electron chi connectivity index (χ2n) is 16.4. The third-order valence-electron chi connectivity index (χ3n) is 10.5. The Bertz CT molecular complexity index is 2610. The molecule has 0 N–H and O–H groups in total. The first-order valence-electron chi connectivity index (χ1n) is 19.5. The molecule has 0 aliphatic heterocycles. The second-order valence-corrected chi connectivity index (χ2v) is 17.5. The van der Waals surface area contributed by atoms with E-state index >= 15 is 0 Å². The highest BCUT2D eigenvalue weighted by Crippen LogP contribution is 2.46. The number of thiophene rings is 1. The van der Waals surface area contributed by atoms with Gasteiger partial charge in [0.15, 0.2) is 0 Å². The van der Waals surface area contributed by atoms with Crippen LogP contribution in [0.3, 0.4) is 0 Å². The van der Waals surface area contributed by atoms with Crippen LogP contribution in [0.15, 0.2) is 170 Å². The molecular weight excluding hydrogens is 717 g/mol. The molecule has 0 radical (unpaired) electrons. The summed E-state index contributed by atoms with van der Waals surface area (Å²) in [6.45, 7) is 13.6. The minimum atomic E-state index is -0.192. The Balaban J connectivity index is 1.19. The minimum Gasteiger partial charge on any atom is -0.322 e. The van der Waals surface area contributed by atoms with Gasteiger partial charge in [0.2, 0.25) is 0 Å². The van der Waals surface area contributed by atoms with Crippen molar-refractivity contribution in [2.24, 2.45) is 0 Å². The van der Waals surface area contributed by atoms with Gasteiger partial charge in [-0.2, -0.15) is 0 Å². The molecule has 0 bridgehead atoms. The number of aromatic nitrogens is 4. The molecule has 4 aromatic carbocycles. The van der Waals surface area contributed by atoms with E-state index in [4.69, 9.17) is 0 Å². The summed E-state index contributed by atoms with van der Waals surface area (Å²) in [4.78, 5) is 13.5. The van der Waals surface area contributed by atoms with Crippen molar-refractivity contribution in [3.63, 3.8) is 0 Å². The van der Waals surface area contributed by atoms with Crippen molar-refractivity contribution in [2.75, 3.05) is 9.80 Å². The van der Waals surface area contributed by atoms with E-state index in [0.717, 1.165) is 34.4 Å². The molecule has 0 aliphatic rings. The molecule has 5 aromatic heterocycles. The normalized spacial score (nSPS) is 12.0. The Morgan fingerprint density at radius 3 is 1.18 bits per heavy atom. The van der Waals surface area contributed by atoms with Gasteiger partial charge >= 0.3 is 0 Å². The van der Waals surface area contributed by atoms with Gasteiger partial charge in [-0.05, 0) is 125 Å². The fourth-order valence-electron chi connectivity index (χ4n) is 8.13. The molecule has 6 nitrogen and oxygen atoms in total. The summed E-state index contributed by atoms with van der Waals surface area (Å²) in [6, 6.07) is 52.5. The zero-order chi connectivity index (χ0) is 39.3. The highest BCUT2D eigenvalue weighted by Gasteiger charge is 2.28. The summed E-state index contributed by atoms with van der Waals surface area (Å²) in [5, 5.41) is 2.49. The van der Waals surface area contributed by atoms with Gasteiger partial charge in [0.25, 0.3) is 0 Å². The van der Waals surface area contributed by atoms with Crippen LogP contribution >= 0.6 is 11.3 Å². The topological polar surface area (TPSA) is 42.1 Å². The summed E-state index contributed by atoms with van der Waals surface area (Å²) >= 11 is 1.84. The maximum absolute atomic E-state index is 4.38. The van der Waals surface area contributed by atoms with E-state index in [1.807, 2.05) is 36.1 Å². The van der Waals surface area contributed by atoms with Crippen LogP contribution in [-0.4, -0.2) is 19.1 Å². The predicted octanol–water partition coefficient (Wildman–Crippen LogP) is 14.2. The van der Waals surface area contributed by atoms with E-state index in [1.165, 1.54) is 42.7 Å². The Labute approximate surface area is 338 Å². The number of rotatable bonds is 8. The van der Waals surface area contributed by atoms with Crippen LogP contribution in [0.2, 0.25) is 0 Å². The van der Waals surface area contributed by atoms with Crippen molar-refractivity contribution in [3.8, 4) is 22.5 Å². The summed E-state index contributed by atoms with van der Waals surface area (Å²) in [7, 11) is 0. The number of hydrogen-bond acceptors (Lipinski definition) is 5. The number of hydrogen-bond donors (Lipinski definition) is 0. The zero-order valence-electron chi connectivity index (χ0n) is 33.3. The van der Waals surface area contributed by atoms with E-state index in [-0.39, 0.29) is 11.1 Å². The molecule has 0 spiro atoms. The van der Waals surface area contributed by atoms with Crippen molar-refractivity contribution in [2.45, 2.75) is 52.6 Å². The quantitative estimate of drug-likeness (QED) is 0.155. The Morgan fingerprint density at radius 2 is 0.807 bits per heavy atom. The molecule has 0 aliphatic carbocycles. The second kappa shape index (κ2) is 14.3. The third-order valence-corrected chi connectivity index (χ3v) is 11.6. The fraction of sp³-hybridized carbons (Fsp3) is 0.160. The number of fused-ring (bicyclic) bond motifs is 3. The predicted molar refractivity (Wildman–Crippen MR) is 241 cm³/mol. The first-order chi connectivity index (χ1) is 27.6. The third kappa shape index (κ3) is 6.68. The molecule has 0 saturated heterocycles. The van der Waals surface area contributed by atoms with Gasteiger partial charge in [0, 0.05) is 67.4 Å². The highest BCUT2D eigenvalue weighted by molar-refractivity contribution is 7.25. The smallest absolute Gasteiger partial charge is 0.118 e. The van der Waals surface area contributed by atoms with Gasteiger partial charge in [0.1, 0.15) is 11.6 Å². The standard InChI is InChI=1S/C50H46N6S/c1-49(2,3)55-43(35-13-9-7-10-14-35)21-23-47(55)53(37-25-29-51-30-26-37)39-17-19-41-42-20-18-40(34-46(42)57-45(41)33-39)54(38-27-31-52-32-28-38)48-24-22-44(56(48)50(4,5)6)36-15-11-8-12-16-36/h7-34H,1-6H3. The summed E-state index contributed by atoms with van der Waals surface area (Å²) in [5.74, 6) is 2.19. The van der Waals surface area contributed by atoms with Crippen LogP contribution in [0.4, 0.5) is 34.4 Å². The molecule has 9 aromatic rings. The van der Waals surface area contributed by atoms with Crippen molar-refractivity contribution in [1.29, 1.82) is 0 Å². The molecular formula is C50H46N6S. The lowest BCUT2D eigenvalue weighted by molar-refractivity contribution is 0.405. The lowest BCUT2D eigenvalue weighted by atomic mass is 10.1. The monoisotopic (exact) mass is 762 g/mol. The van der Waals surface area contributed by atoms with Crippen molar-refractivity contribution in [3.05, 3.63) is 170 Å². The average molecular weight is 763 g/mol. The number of nitrogens with zero attached hydrogens (tertiary/aromatic N) is 6. The molecule has 57 heavy (non-hydrogen) atoms. The summed E-state index contributed by atoms with van der Waals surface area (Å²) < 4.78 is 7.37. The van der Waals surface area contributed by atoms with Gasteiger partial charge in [-0.3, -0.25) is 19.8 Å². The van der Waals surface area contributed by atoms with Crippen LogP contribution in [0.25, 0.3) is 42.7 Å². The molecule has 0 saturated carbocycles. The first kappa shape index (κ1) is 36.2. The summed E-state index contributed by atoms with van der Waals surface area (Å²) in [5.41, 5.74) is 8.66. The van der Waals surface area contributed by atoms with E-state index in [2.05, 4.69) is 216 Å². The van der Waals surface area contributed by atoms with Gasteiger partial charge in [-0.1, -0.05) is 72.8 Å². The lowest BCUT2D eigenvalue weighted by Crippen LogP contribution is -2.27. The Kier molecular flexibility index (Phi) is 9.05. The van der Waals surface area contributed by atoms with E-state index in [9.17, 15) is 0 Å². The van der Waals surface area contributed by atoms with Crippen LogP contribution in [0, 0.1) is 0 Å². The number of benzene rings is 4. The van der Waals surface area contributed by atoms with Crippen LogP contribution in [0.1, 0.15) is 41.5 Å². The number of pyridine rings is 2. The zero-order valence-corrected chi connectivity index (χ0v) is 34.1. The van der Waals surface area contributed by atoms with E-state index in [1.54, 1.807) is 0 Å². The van der Waals surface area contributed by atoms with Gasteiger partial charge < -0.3 is 9.13 Å². The molecule has 0 atom stereocenters. The Hall–Kier alpha value is -6.44. The van der Waals surface area contributed by atoms with Crippen LogP contribution < -0.4 is 9.80 Å². The van der Waals surface area contributed by atoms with Gasteiger partial charge in [0.05, 0.1) is 22.8 Å². The molecule has 7 heteroatoms. The molecule has 282 valence electrons. The average Bonchev–Trinajstić information content (AvgIpc) is 3.96. The molecule has 0 unspecified atom stereocenters. The van der Waals surface area contributed by atoms with Crippen molar-refractivity contribution in [1.82, 2.24) is 19.1 Å². The van der Waals surface area contributed by atoms with Crippen LogP contribution in [-0.2, 0) is 11.1 Å². The SMILES string of the molecule is CC(C)(C)n1c(-c2ccccc2)ccc1N(c1ccncc1)c1ccc2c(c1)sc1cc(N(c3ccncc3)c3ccc(-c4ccccc4)n3C(C)(C)C)ccc12. The van der Waals surface area contributed by atoms with Crippen molar-refractivity contribution < 1.29 is 0 Å². The van der Waals surface area contributed by atoms with Crippen molar-refractivity contribution >= 4 is 65.9 Å². The number of anilines is 6. The van der Waals surface area contributed by atoms with Gasteiger partial charge in [-0.15, -0.1) is 11.3 Å². The maximum Gasteiger partial charge on any atom is 0.118 e. The molecule has 0 fully saturated rings. The molecule has 0 amide bonds. The fourth-order valence-corrected chi connectivity index (χ4v) is 9.30. The first-order valence-corrected chi connectivity index (χ1v) is 20.3. The van der Waals surface area contributed by atoms with E-state index < -0.39 is 0 Å². The molecule has 9 rings (SSSR count). The van der Waals surface area contributed by atoms with E-state index in [0.29, 0.717) is 0 Å². The Morgan fingerprint density at radius 1 is 0.421 bits per heavy atom. The highest BCUT2D eigenvalue weighted by atomic mass is 32.1. The molecule has 5 heterocycles. The summed E-state index contributed by atoms with van der Waals surface area (Å²) in [6.07, 6.45) is 7.49. The minimum absolute atomic E-state index is 0.192. The van der Waals surface area contributed by atoms with Gasteiger partial charge in [-0.25, -0.2) is 0 Å². The van der Waals surface area contributed by atoms with Crippen LogP contribution in [0.5, 0.6) is 0 Å². The lowest BCUT2D eigenvalue weighted by Gasteiger charge is -2.33.